The molecule has 0 amide bonds. The lowest BCUT2D eigenvalue weighted by Crippen LogP contribution is -2.09. The Hall–Kier alpha value is -1.85. The van der Waals surface area contributed by atoms with Gasteiger partial charge in [0.1, 0.15) is 0 Å². The monoisotopic (exact) mass is 279 g/mol. The van der Waals surface area contributed by atoms with E-state index in [0.29, 0.717) is 5.69 Å². The molecule has 2 aromatic carbocycles. The molecule has 0 heterocycles. The molecule has 5 heteroatoms. The van der Waals surface area contributed by atoms with Crippen molar-refractivity contribution in [1.29, 1.82) is 0 Å². The molecule has 0 aromatic heterocycles. The largest absolute Gasteiger partial charge is 0.357 e. The first-order valence-electron chi connectivity index (χ1n) is 5.70. The minimum atomic E-state index is -4.13. The van der Waals surface area contributed by atoms with E-state index in [1.165, 1.54) is 23.3 Å². The predicted octanol–water partition coefficient (Wildman–Crippen LogP) is 3.20. The normalized spacial score (nSPS) is 10.3. The molecule has 2 rings (SSSR count). The lowest BCUT2D eigenvalue weighted by molar-refractivity contribution is 0.490. The first-order chi connectivity index (χ1) is 8.87. The molecule has 4 nitrogen and oxygen atoms in total. The van der Waals surface area contributed by atoms with Gasteiger partial charge in [-0.3, -0.25) is 9.27 Å². The zero-order valence-corrected chi connectivity index (χ0v) is 11.7. The zero-order chi connectivity index (χ0) is 14.3. The highest BCUT2D eigenvalue weighted by atomic mass is 32.2. The molecular formula is C14H17NO3S. The lowest BCUT2D eigenvalue weighted by Gasteiger charge is -1.99. The highest BCUT2D eigenvalue weighted by Gasteiger charge is 2.00. The molecule has 0 unspecified atom stereocenters. The van der Waals surface area contributed by atoms with E-state index in [4.69, 9.17) is 4.55 Å². The van der Waals surface area contributed by atoms with Gasteiger partial charge in [-0.1, -0.05) is 53.6 Å². The van der Waals surface area contributed by atoms with Crippen LogP contribution in [0.25, 0.3) is 0 Å². The van der Waals surface area contributed by atoms with Crippen molar-refractivity contribution < 1.29 is 13.0 Å². The van der Waals surface area contributed by atoms with Crippen LogP contribution in [0.2, 0.25) is 0 Å². The highest BCUT2D eigenvalue weighted by molar-refractivity contribution is 7.87. The summed E-state index contributed by atoms with van der Waals surface area (Å²) in [6, 6.07) is 16.6. The summed E-state index contributed by atoms with van der Waals surface area (Å²) in [7, 11) is -4.13. The summed E-state index contributed by atoms with van der Waals surface area (Å²) in [5.41, 5.74) is 3.00. The van der Waals surface area contributed by atoms with Crippen LogP contribution in [-0.4, -0.2) is 13.0 Å². The summed E-state index contributed by atoms with van der Waals surface area (Å²) in [5, 5.41) is 0. The van der Waals surface area contributed by atoms with Gasteiger partial charge in [-0.2, -0.15) is 8.42 Å². The highest BCUT2D eigenvalue weighted by Crippen LogP contribution is 2.05. The standard InChI is InChI=1S/C8H10.C6H7NO3S/c1-7-3-5-8(2)6-4-7;8-11(9,10)7-6-4-2-1-3-5-6/h3-6H,1-2H3;1-5,7H,(H,8,9,10). The Bertz CT molecular complexity index is 571. The van der Waals surface area contributed by atoms with E-state index >= 15 is 0 Å². The molecule has 19 heavy (non-hydrogen) atoms. The van der Waals surface area contributed by atoms with Gasteiger partial charge in [0, 0.05) is 0 Å². The van der Waals surface area contributed by atoms with Gasteiger partial charge in [0.15, 0.2) is 0 Å². The molecule has 0 saturated carbocycles. The van der Waals surface area contributed by atoms with Gasteiger partial charge in [0.05, 0.1) is 5.69 Å². The lowest BCUT2D eigenvalue weighted by atomic mass is 10.2. The van der Waals surface area contributed by atoms with Gasteiger partial charge in [0.25, 0.3) is 0 Å². The van der Waals surface area contributed by atoms with Gasteiger partial charge in [-0.15, -0.1) is 0 Å². The van der Waals surface area contributed by atoms with Crippen LogP contribution in [0.15, 0.2) is 54.6 Å². The Morgan fingerprint density at radius 3 is 1.63 bits per heavy atom. The number of benzene rings is 2. The summed E-state index contributed by atoms with van der Waals surface area (Å²) < 4.78 is 30.7. The SMILES string of the molecule is Cc1ccc(C)cc1.O=S(=O)(O)Nc1ccccc1. The summed E-state index contributed by atoms with van der Waals surface area (Å²) in [6.07, 6.45) is 0. The topological polar surface area (TPSA) is 66.4 Å². The Labute approximate surface area is 114 Å². The second kappa shape index (κ2) is 6.92. The van der Waals surface area contributed by atoms with Gasteiger partial charge < -0.3 is 0 Å². The fraction of sp³-hybridized carbons (Fsp3) is 0.143. The third-order valence-corrected chi connectivity index (χ3v) is 2.73. The van der Waals surface area contributed by atoms with Crippen molar-refractivity contribution in [1.82, 2.24) is 0 Å². The number of aryl methyl sites for hydroxylation is 2. The number of anilines is 1. The molecule has 0 fully saturated rings. The minimum Gasteiger partial charge on any atom is -0.269 e. The van der Waals surface area contributed by atoms with Crippen LogP contribution in [0.1, 0.15) is 11.1 Å². The van der Waals surface area contributed by atoms with Crippen molar-refractivity contribution in [3.63, 3.8) is 0 Å². The van der Waals surface area contributed by atoms with E-state index in [2.05, 4.69) is 38.1 Å². The van der Waals surface area contributed by atoms with Gasteiger partial charge in [-0.05, 0) is 26.0 Å². The third kappa shape index (κ3) is 7.23. The number of rotatable bonds is 2. The maximum absolute atomic E-state index is 10.2. The number of nitrogens with one attached hydrogen (secondary N) is 1. The smallest absolute Gasteiger partial charge is 0.269 e. The predicted molar refractivity (Wildman–Crippen MR) is 77.5 cm³/mol. The molecular weight excluding hydrogens is 262 g/mol. The van der Waals surface area contributed by atoms with E-state index < -0.39 is 10.3 Å². The van der Waals surface area contributed by atoms with Crippen molar-refractivity contribution in [2.45, 2.75) is 13.8 Å². The van der Waals surface area contributed by atoms with Crippen molar-refractivity contribution in [3.8, 4) is 0 Å². The van der Waals surface area contributed by atoms with E-state index in [0.717, 1.165) is 0 Å². The summed E-state index contributed by atoms with van der Waals surface area (Å²) in [4.78, 5) is 0. The average Bonchev–Trinajstić information content (AvgIpc) is 2.33. The molecule has 0 aliphatic rings. The number of hydrogen-bond acceptors (Lipinski definition) is 2. The number of hydrogen-bond donors (Lipinski definition) is 2. The van der Waals surface area contributed by atoms with Crippen LogP contribution in [0, 0.1) is 13.8 Å². The van der Waals surface area contributed by atoms with Crippen LogP contribution in [0.3, 0.4) is 0 Å². The Morgan fingerprint density at radius 2 is 1.26 bits per heavy atom. The minimum absolute atomic E-state index is 0.343. The van der Waals surface area contributed by atoms with Crippen molar-refractivity contribution in [2.75, 3.05) is 4.72 Å². The first kappa shape index (κ1) is 15.2. The Kier molecular flexibility index (Phi) is 5.54. The van der Waals surface area contributed by atoms with Crippen LogP contribution in [0.4, 0.5) is 5.69 Å². The second-order valence-electron chi connectivity index (χ2n) is 4.10. The third-order valence-electron chi connectivity index (χ3n) is 2.24. The molecule has 2 N–H and O–H groups in total. The molecule has 0 aliphatic carbocycles. The van der Waals surface area contributed by atoms with Crippen LogP contribution in [-0.2, 0) is 10.3 Å². The first-order valence-corrected chi connectivity index (χ1v) is 7.14. The summed E-state index contributed by atoms with van der Waals surface area (Å²) in [6.45, 7) is 4.19. The average molecular weight is 279 g/mol. The van der Waals surface area contributed by atoms with E-state index in [9.17, 15) is 8.42 Å². The van der Waals surface area contributed by atoms with Crippen LogP contribution < -0.4 is 4.72 Å². The van der Waals surface area contributed by atoms with Crippen molar-refractivity contribution in [3.05, 3.63) is 65.7 Å². The maximum Gasteiger partial charge on any atom is 0.357 e. The molecule has 0 bridgehead atoms. The van der Waals surface area contributed by atoms with Gasteiger partial charge >= 0.3 is 10.3 Å². The summed E-state index contributed by atoms with van der Waals surface area (Å²) in [5.74, 6) is 0. The van der Waals surface area contributed by atoms with Crippen LogP contribution >= 0.6 is 0 Å². The molecule has 2 aromatic rings. The zero-order valence-electron chi connectivity index (χ0n) is 10.9. The molecule has 0 aliphatic heterocycles. The fourth-order valence-corrected chi connectivity index (χ4v) is 1.73. The maximum atomic E-state index is 10.2. The molecule has 102 valence electrons. The molecule has 0 spiro atoms. The second-order valence-corrected chi connectivity index (χ2v) is 5.25. The van der Waals surface area contributed by atoms with Crippen LogP contribution in [0.5, 0.6) is 0 Å². The van der Waals surface area contributed by atoms with Gasteiger partial charge in [0.2, 0.25) is 0 Å². The Balaban J connectivity index is 0.000000200. The number of para-hydroxylation sites is 1. The molecule has 0 saturated heterocycles. The molecule has 0 radical (unpaired) electrons. The Morgan fingerprint density at radius 1 is 0.842 bits per heavy atom. The quantitative estimate of drug-likeness (QED) is 0.830. The van der Waals surface area contributed by atoms with E-state index in [1.54, 1.807) is 18.2 Å². The van der Waals surface area contributed by atoms with Crippen molar-refractivity contribution in [2.24, 2.45) is 0 Å². The molecule has 0 atom stereocenters. The summed E-state index contributed by atoms with van der Waals surface area (Å²) >= 11 is 0. The van der Waals surface area contributed by atoms with Gasteiger partial charge in [-0.25, -0.2) is 0 Å². The van der Waals surface area contributed by atoms with E-state index in [1.807, 2.05) is 4.72 Å². The van der Waals surface area contributed by atoms with Crippen molar-refractivity contribution >= 4 is 16.0 Å². The fourth-order valence-electron chi connectivity index (χ4n) is 1.29. The van der Waals surface area contributed by atoms with E-state index in [-0.39, 0.29) is 0 Å².